The Bertz CT molecular complexity index is 141. The van der Waals surface area contributed by atoms with Gasteiger partial charge in [-0.25, -0.2) is 0 Å². The van der Waals surface area contributed by atoms with Crippen LogP contribution in [0.15, 0.2) is 12.1 Å². The smallest absolute Gasteiger partial charge is 0.445 e. The second-order valence-corrected chi connectivity index (χ2v) is 4.16. The van der Waals surface area contributed by atoms with E-state index in [0.29, 0.717) is 0 Å². The fourth-order valence-electron chi connectivity index (χ4n) is 0.368. The molecule has 0 bridgehead atoms. The Morgan fingerprint density at radius 1 is 1.45 bits per heavy atom. The summed E-state index contributed by atoms with van der Waals surface area (Å²) in [6.07, 6.45) is 0. The molecule has 0 fully saturated rings. The Labute approximate surface area is 69.3 Å². The van der Waals surface area contributed by atoms with Gasteiger partial charge in [-0.3, -0.25) is 0 Å². The molecule has 0 nitrogen and oxygen atoms in total. The van der Waals surface area contributed by atoms with E-state index in [1.54, 1.807) is 0 Å². The van der Waals surface area contributed by atoms with Crippen molar-refractivity contribution in [1.29, 1.82) is 0 Å². The Morgan fingerprint density at radius 2 is 1.91 bits per heavy atom. The van der Waals surface area contributed by atoms with Gasteiger partial charge >= 0.3 is 6.98 Å². The lowest BCUT2D eigenvalue weighted by Gasteiger charge is -2.17. The fraction of sp³-hybridized carbons (Fsp3) is 0.667. The van der Waals surface area contributed by atoms with Gasteiger partial charge in [0.05, 0.1) is 0 Å². The molecule has 0 aromatic rings. The molecule has 0 aromatic heterocycles. The molecule has 0 spiro atoms. The van der Waals surface area contributed by atoms with E-state index in [4.69, 9.17) is 0 Å². The summed E-state index contributed by atoms with van der Waals surface area (Å²) in [5, 5.41) is 0.227. The first-order valence-electron chi connectivity index (χ1n) is 3.33. The SMILES string of the molecule is C=C(CSC(C)C)[B-](F)(F)F. The summed E-state index contributed by atoms with van der Waals surface area (Å²) in [5.74, 6) is 0.00116. The monoisotopic (exact) mass is 183 g/mol. The molecular formula is C6H11BF3S-. The number of hydrogen-bond acceptors (Lipinski definition) is 1. The minimum Gasteiger partial charge on any atom is -0.445 e. The molecule has 11 heavy (non-hydrogen) atoms. The van der Waals surface area contributed by atoms with Gasteiger partial charge in [0, 0.05) is 0 Å². The first-order chi connectivity index (χ1) is 4.84. The maximum absolute atomic E-state index is 11.8. The second-order valence-electron chi connectivity index (χ2n) is 2.59. The lowest BCUT2D eigenvalue weighted by Crippen LogP contribution is -2.20. The lowest BCUT2D eigenvalue weighted by atomic mass is 9.82. The molecular weight excluding hydrogens is 172 g/mol. The normalized spacial score (nSPS) is 12.2. The van der Waals surface area contributed by atoms with Crippen LogP contribution in [0, 0.1) is 0 Å². The van der Waals surface area contributed by atoms with Crippen LogP contribution in [-0.4, -0.2) is 18.0 Å². The third-order valence-corrected chi connectivity index (χ3v) is 2.27. The van der Waals surface area contributed by atoms with Crippen molar-refractivity contribution >= 4 is 18.7 Å². The molecule has 0 saturated heterocycles. The highest BCUT2D eigenvalue weighted by Crippen LogP contribution is 2.23. The molecule has 0 amide bonds. The second kappa shape index (κ2) is 4.09. The zero-order valence-corrected chi connectivity index (χ0v) is 7.43. The standard InChI is InChI=1S/C6H11BF3S/c1-5(2)11-4-6(3)7(8,9)10/h5H,3-4H2,1-2H3/q-1. The van der Waals surface area contributed by atoms with Crippen LogP contribution in [0.3, 0.4) is 0 Å². The number of halogens is 3. The summed E-state index contributed by atoms with van der Waals surface area (Å²) in [6.45, 7) is 1.89. The van der Waals surface area contributed by atoms with Crippen molar-refractivity contribution < 1.29 is 12.9 Å². The van der Waals surface area contributed by atoms with Crippen LogP contribution in [0.2, 0.25) is 0 Å². The van der Waals surface area contributed by atoms with E-state index in [-0.39, 0.29) is 11.0 Å². The van der Waals surface area contributed by atoms with Gasteiger partial charge in [-0.2, -0.15) is 11.8 Å². The van der Waals surface area contributed by atoms with E-state index in [2.05, 4.69) is 6.58 Å². The van der Waals surface area contributed by atoms with Crippen molar-refractivity contribution in [2.45, 2.75) is 19.1 Å². The van der Waals surface area contributed by atoms with Gasteiger partial charge in [-0.15, -0.1) is 12.1 Å². The molecule has 0 aliphatic carbocycles. The van der Waals surface area contributed by atoms with Crippen molar-refractivity contribution in [2.75, 3.05) is 5.75 Å². The molecule has 0 N–H and O–H groups in total. The quantitative estimate of drug-likeness (QED) is 0.603. The average molecular weight is 183 g/mol. The minimum absolute atomic E-state index is 0.00116. The van der Waals surface area contributed by atoms with Crippen molar-refractivity contribution in [3.05, 3.63) is 12.1 Å². The predicted octanol–water partition coefficient (Wildman–Crippen LogP) is 3.07. The molecule has 0 aromatic carbocycles. The molecule has 0 atom stereocenters. The van der Waals surface area contributed by atoms with Crippen LogP contribution in [0.1, 0.15) is 13.8 Å². The van der Waals surface area contributed by atoms with Crippen molar-refractivity contribution in [3.8, 4) is 0 Å². The molecule has 0 unspecified atom stereocenters. The molecule has 0 heterocycles. The largest absolute Gasteiger partial charge is 0.505 e. The van der Waals surface area contributed by atoms with E-state index >= 15 is 0 Å². The summed E-state index contributed by atoms with van der Waals surface area (Å²) >= 11 is 1.26. The number of thioether (sulfide) groups is 1. The lowest BCUT2D eigenvalue weighted by molar-refractivity contribution is 0.491. The molecule has 66 valence electrons. The van der Waals surface area contributed by atoms with Gasteiger partial charge < -0.3 is 12.9 Å². The van der Waals surface area contributed by atoms with Gasteiger partial charge in [0.1, 0.15) is 0 Å². The van der Waals surface area contributed by atoms with Crippen LogP contribution in [0.5, 0.6) is 0 Å². The third-order valence-electron chi connectivity index (χ3n) is 1.06. The Hall–Kier alpha value is -0.0551. The van der Waals surface area contributed by atoms with Crippen LogP contribution in [0.25, 0.3) is 0 Å². The molecule has 5 heteroatoms. The van der Waals surface area contributed by atoms with Crippen LogP contribution < -0.4 is 0 Å². The topological polar surface area (TPSA) is 0 Å². The van der Waals surface area contributed by atoms with Gasteiger partial charge in [-0.05, 0) is 11.0 Å². The number of rotatable bonds is 4. The summed E-state index contributed by atoms with van der Waals surface area (Å²) in [7, 11) is 0. The van der Waals surface area contributed by atoms with E-state index in [1.165, 1.54) is 11.8 Å². The highest BCUT2D eigenvalue weighted by Gasteiger charge is 2.26. The maximum atomic E-state index is 11.8. The highest BCUT2D eigenvalue weighted by molar-refractivity contribution is 8.00. The third kappa shape index (κ3) is 5.24. The minimum atomic E-state index is -4.82. The van der Waals surface area contributed by atoms with Gasteiger partial charge in [0.2, 0.25) is 0 Å². The predicted molar refractivity (Wildman–Crippen MR) is 45.8 cm³/mol. The zero-order valence-electron chi connectivity index (χ0n) is 6.61. The first-order valence-corrected chi connectivity index (χ1v) is 4.38. The molecule has 0 radical (unpaired) electrons. The Balaban J connectivity index is 3.71. The van der Waals surface area contributed by atoms with Crippen LogP contribution in [0.4, 0.5) is 12.9 Å². The molecule has 0 rings (SSSR count). The van der Waals surface area contributed by atoms with Crippen molar-refractivity contribution in [3.63, 3.8) is 0 Å². The Morgan fingerprint density at radius 3 is 2.18 bits per heavy atom. The van der Waals surface area contributed by atoms with Crippen molar-refractivity contribution in [2.24, 2.45) is 0 Å². The summed E-state index contributed by atoms with van der Waals surface area (Å²) in [4.78, 5) is 0. The van der Waals surface area contributed by atoms with E-state index in [1.807, 2.05) is 13.8 Å². The molecule has 0 aliphatic heterocycles. The average Bonchev–Trinajstić information content (AvgIpc) is 1.80. The van der Waals surface area contributed by atoms with E-state index in [0.717, 1.165) is 0 Å². The van der Waals surface area contributed by atoms with Gasteiger partial charge in [0.25, 0.3) is 0 Å². The molecule has 0 saturated carbocycles. The zero-order chi connectivity index (χ0) is 9.07. The van der Waals surface area contributed by atoms with Crippen LogP contribution in [-0.2, 0) is 0 Å². The fourth-order valence-corrected chi connectivity index (χ4v) is 1.10. The van der Waals surface area contributed by atoms with E-state index < -0.39 is 12.4 Å². The summed E-state index contributed by atoms with van der Waals surface area (Å²) in [5.41, 5.74) is -0.594. The summed E-state index contributed by atoms with van der Waals surface area (Å²) in [6, 6.07) is 0. The van der Waals surface area contributed by atoms with E-state index in [9.17, 15) is 12.9 Å². The van der Waals surface area contributed by atoms with Crippen molar-refractivity contribution in [1.82, 2.24) is 0 Å². The maximum Gasteiger partial charge on any atom is 0.505 e. The molecule has 0 aliphatic rings. The Kier molecular flexibility index (Phi) is 4.07. The van der Waals surface area contributed by atoms with Gasteiger partial charge in [0.15, 0.2) is 0 Å². The summed E-state index contributed by atoms with van der Waals surface area (Å²) < 4.78 is 35.5. The first kappa shape index (κ1) is 10.9. The highest BCUT2D eigenvalue weighted by atomic mass is 32.2. The van der Waals surface area contributed by atoms with Crippen LogP contribution >= 0.6 is 11.8 Å². The number of hydrogen-bond donors (Lipinski definition) is 0. The van der Waals surface area contributed by atoms with Gasteiger partial charge in [-0.1, -0.05) is 13.8 Å².